The van der Waals surface area contributed by atoms with Crippen molar-refractivity contribution in [2.45, 2.75) is 13.0 Å². The highest BCUT2D eigenvalue weighted by atomic mass is 19.3. The van der Waals surface area contributed by atoms with E-state index in [2.05, 4.69) is 25.2 Å². The fourth-order valence-electron chi connectivity index (χ4n) is 1.63. The first-order valence-electron chi connectivity index (χ1n) is 6.04. The maximum Gasteiger partial charge on any atom is 0.387 e. The number of hydrogen-bond donors (Lipinski definition) is 3. The van der Waals surface area contributed by atoms with E-state index >= 15 is 0 Å². The van der Waals surface area contributed by atoms with E-state index in [4.69, 9.17) is 5.73 Å². The smallest absolute Gasteiger partial charge is 0.387 e. The van der Waals surface area contributed by atoms with Crippen LogP contribution in [0.25, 0.3) is 0 Å². The molecule has 4 N–H and O–H groups in total. The van der Waals surface area contributed by atoms with Crippen LogP contribution in [0.1, 0.15) is 16.2 Å². The van der Waals surface area contributed by atoms with Crippen molar-refractivity contribution in [2.24, 2.45) is 0 Å². The molecule has 0 aliphatic heterocycles. The molecule has 0 bridgehead atoms. The molecule has 1 amide bonds. The van der Waals surface area contributed by atoms with Gasteiger partial charge in [-0.1, -0.05) is 6.07 Å². The number of aromatic amines is 1. The number of nitrogens with one attached hydrogen (secondary N) is 2. The van der Waals surface area contributed by atoms with Crippen LogP contribution in [0.5, 0.6) is 5.75 Å². The highest BCUT2D eigenvalue weighted by Crippen LogP contribution is 2.15. The van der Waals surface area contributed by atoms with E-state index in [0.29, 0.717) is 18.8 Å². The van der Waals surface area contributed by atoms with Gasteiger partial charge in [0.15, 0.2) is 0 Å². The highest BCUT2D eigenvalue weighted by Gasteiger charge is 2.09. The zero-order chi connectivity index (χ0) is 15.2. The van der Waals surface area contributed by atoms with Crippen LogP contribution in [-0.4, -0.2) is 34.2 Å². The van der Waals surface area contributed by atoms with E-state index in [-0.39, 0.29) is 17.3 Å². The standard InChI is InChI=1S/C12H13F2N5O2/c13-11(14)21-8-3-1-2-7(6-8)10(20)16-5-4-9-17-12(15)19-18-9/h1-3,6,11H,4-5H2,(H,16,20)(H3,15,17,18,19). The number of rotatable bonds is 6. The Bertz CT molecular complexity index is 617. The molecule has 2 rings (SSSR count). The summed E-state index contributed by atoms with van der Waals surface area (Å²) in [6, 6.07) is 5.55. The number of alkyl halides is 2. The Hall–Kier alpha value is -2.71. The van der Waals surface area contributed by atoms with Gasteiger partial charge in [-0.25, -0.2) is 0 Å². The first-order valence-corrected chi connectivity index (χ1v) is 6.04. The van der Waals surface area contributed by atoms with E-state index in [0.717, 1.165) is 0 Å². The molecule has 0 aliphatic carbocycles. The van der Waals surface area contributed by atoms with Crippen molar-refractivity contribution >= 4 is 11.9 Å². The van der Waals surface area contributed by atoms with Crippen molar-refractivity contribution in [3.8, 4) is 5.75 Å². The number of nitrogen functional groups attached to an aromatic ring is 1. The fourth-order valence-corrected chi connectivity index (χ4v) is 1.63. The Labute approximate surface area is 118 Å². The Morgan fingerprint density at radius 1 is 1.48 bits per heavy atom. The topological polar surface area (TPSA) is 106 Å². The summed E-state index contributed by atoms with van der Waals surface area (Å²) in [5.41, 5.74) is 5.57. The minimum absolute atomic E-state index is 0.0688. The number of nitrogens with zero attached hydrogens (tertiary/aromatic N) is 2. The normalized spacial score (nSPS) is 10.6. The third-order valence-electron chi connectivity index (χ3n) is 2.52. The number of amides is 1. The fraction of sp³-hybridized carbons (Fsp3) is 0.250. The first-order chi connectivity index (χ1) is 10.0. The Kier molecular flexibility index (Phi) is 4.64. The molecule has 0 fully saturated rings. The lowest BCUT2D eigenvalue weighted by Crippen LogP contribution is -2.26. The summed E-state index contributed by atoms with van der Waals surface area (Å²) >= 11 is 0. The van der Waals surface area contributed by atoms with Crippen molar-refractivity contribution in [1.82, 2.24) is 20.5 Å². The predicted molar refractivity (Wildman–Crippen MR) is 69.9 cm³/mol. The molecule has 9 heteroatoms. The molecule has 0 unspecified atom stereocenters. The zero-order valence-electron chi connectivity index (χ0n) is 10.8. The lowest BCUT2D eigenvalue weighted by Gasteiger charge is -2.07. The van der Waals surface area contributed by atoms with Gasteiger partial charge in [0.2, 0.25) is 5.95 Å². The van der Waals surface area contributed by atoms with Gasteiger partial charge in [0, 0.05) is 18.5 Å². The van der Waals surface area contributed by atoms with Gasteiger partial charge in [-0.2, -0.15) is 13.8 Å². The molecule has 0 radical (unpaired) electrons. The quantitative estimate of drug-likeness (QED) is 0.736. The monoisotopic (exact) mass is 297 g/mol. The van der Waals surface area contributed by atoms with Crippen LogP contribution in [0.15, 0.2) is 24.3 Å². The molecule has 0 saturated carbocycles. The Morgan fingerprint density at radius 3 is 2.95 bits per heavy atom. The van der Waals surface area contributed by atoms with Crippen molar-refractivity contribution in [3.05, 3.63) is 35.7 Å². The van der Waals surface area contributed by atoms with Crippen LogP contribution >= 0.6 is 0 Å². The number of benzene rings is 1. The molecular formula is C12H13F2N5O2. The molecule has 0 atom stereocenters. The maximum absolute atomic E-state index is 12.1. The molecular weight excluding hydrogens is 284 g/mol. The van der Waals surface area contributed by atoms with Gasteiger partial charge < -0.3 is 15.8 Å². The molecule has 1 heterocycles. The molecule has 2 aromatic rings. The second kappa shape index (κ2) is 6.64. The molecule has 0 aliphatic rings. The van der Waals surface area contributed by atoms with Crippen molar-refractivity contribution < 1.29 is 18.3 Å². The molecule has 21 heavy (non-hydrogen) atoms. The number of H-pyrrole nitrogens is 1. The summed E-state index contributed by atoms with van der Waals surface area (Å²) in [6.07, 6.45) is 0.420. The van der Waals surface area contributed by atoms with Crippen molar-refractivity contribution in [2.75, 3.05) is 12.3 Å². The number of nitrogens with two attached hydrogens (primary N) is 1. The summed E-state index contributed by atoms with van der Waals surface area (Å²) in [5.74, 6) is 0.207. The molecule has 7 nitrogen and oxygen atoms in total. The maximum atomic E-state index is 12.1. The number of ether oxygens (including phenoxy) is 1. The zero-order valence-corrected chi connectivity index (χ0v) is 10.8. The van der Waals surface area contributed by atoms with Gasteiger partial charge in [-0.05, 0) is 18.2 Å². The van der Waals surface area contributed by atoms with E-state index in [1.54, 1.807) is 0 Å². The molecule has 1 aromatic carbocycles. The average molecular weight is 297 g/mol. The summed E-state index contributed by atoms with van der Waals surface area (Å²) in [7, 11) is 0. The lowest BCUT2D eigenvalue weighted by molar-refractivity contribution is -0.0498. The SMILES string of the molecule is Nc1n[nH]c(CCNC(=O)c2cccc(OC(F)F)c2)n1. The highest BCUT2D eigenvalue weighted by molar-refractivity contribution is 5.94. The van der Waals surface area contributed by atoms with Gasteiger partial charge >= 0.3 is 6.61 Å². The third kappa shape index (κ3) is 4.41. The summed E-state index contributed by atoms with van der Waals surface area (Å²) in [5, 5.41) is 8.89. The molecule has 0 saturated heterocycles. The van der Waals surface area contributed by atoms with Crippen LogP contribution in [0.3, 0.4) is 0 Å². The summed E-state index contributed by atoms with van der Waals surface area (Å²) < 4.78 is 28.4. The van der Waals surface area contributed by atoms with Gasteiger partial charge in [-0.3, -0.25) is 9.89 Å². The number of halogens is 2. The predicted octanol–water partition coefficient (Wildman–Crippen LogP) is 0.961. The van der Waals surface area contributed by atoms with Gasteiger partial charge in [-0.15, -0.1) is 5.10 Å². The van der Waals surface area contributed by atoms with Crippen LogP contribution in [0, 0.1) is 0 Å². The average Bonchev–Trinajstić information content (AvgIpc) is 2.84. The molecule has 112 valence electrons. The van der Waals surface area contributed by atoms with Crippen molar-refractivity contribution in [1.29, 1.82) is 0 Å². The number of carbonyl (C=O) groups is 1. The number of hydrogen-bond acceptors (Lipinski definition) is 5. The third-order valence-corrected chi connectivity index (χ3v) is 2.52. The second-order valence-electron chi connectivity index (χ2n) is 4.05. The largest absolute Gasteiger partial charge is 0.435 e. The van der Waals surface area contributed by atoms with Gasteiger partial charge in [0.25, 0.3) is 5.91 Å². The summed E-state index contributed by atoms with van der Waals surface area (Å²) in [4.78, 5) is 15.7. The molecule has 0 spiro atoms. The Balaban J connectivity index is 1.88. The van der Waals surface area contributed by atoms with E-state index in [1.165, 1.54) is 24.3 Å². The Morgan fingerprint density at radius 2 is 2.29 bits per heavy atom. The first kappa shape index (κ1) is 14.7. The van der Waals surface area contributed by atoms with Crippen LogP contribution in [0.4, 0.5) is 14.7 Å². The molecule has 1 aromatic heterocycles. The van der Waals surface area contributed by atoms with Crippen LogP contribution < -0.4 is 15.8 Å². The van der Waals surface area contributed by atoms with E-state index in [9.17, 15) is 13.6 Å². The van der Waals surface area contributed by atoms with Crippen LogP contribution in [-0.2, 0) is 6.42 Å². The number of anilines is 1. The number of aromatic nitrogens is 3. The number of carbonyl (C=O) groups excluding carboxylic acids is 1. The van der Waals surface area contributed by atoms with Gasteiger partial charge in [0.05, 0.1) is 0 Å². The van der Waals surface area contributed by atoms with E-state index in [1.807, 2.05) is 0 Å². The van der Waals surface area contributed by atoms with Crippen LogP contribution in [0.2, 0.25) is 0 Å². The summed E-state index contributed by atoms with van der Waals surface area (Å²) in [6.45, 7) is -2.63. The lowest BCUT2D eigenvalue weighted by atomic mass is 10.2. The minimum Gasteiger partial charge on any atom is -0.435 e. The van der Waals surface area contributed by atoms with E-state index < -0.39 is 12.5 Å². The minimum atomic E-state index is -2.93. The van der Waals surface area contributed by atoms with Gasteiger partial charge in [0.1, 0.15) is 11.6 Å². The second-order valence-corrected chi connectivity index (χ2v) is 4.05. The van der Waals surface area contributed by atoms with Crippen molar-refractivity contribution in [3.63, 3.8) is 0 Å².